The van der Waals surface area contributed by atoms with Crippen LogP contribution in [0.4, 0.5) is 10.1 Å². The third-order valence-electron chi connectivity index (χ3n) is 3.49. The highest BCUT2D eigenvalue weighted by molar-refractivity contribution is 7.10. The lowest BCUT2D eigenvalue weighted by molar-refractivity contribution is 0.101. The van der Waals surface area contributed by atoms with E-state index in [0.29, 0.717) is 5.56 Å². The second-order valence-corrected chi connectivity index (χ2v) is 5.76. The van der Waals surface area contributed by atoms with Crippen molar-refractivity contribution in [2.75, 3.05) is 11.4 Å². The Kier molecular flexibility index (Phi) is 3.11. The molecule has 0 saturated heterocycles. The molecule has 0 atom stereocenters. The van der Waals surface area contributed by atoms with Gasteiger partial charge in [-0.05, 0) is 48.6 Å². The summed E-state index contributed by atoms with van der Waals surface area (Å²) in [6, 6.07) is 6.60. The van der Waals surface area contributed by atoms with E-state index in [1.165, 1.54) is 29.5 Å². The number of halogens is 1. The molecule has 0 amide bonds. The van der Waals surface area contributed by atoms with Crippen LogP contribution in [0.15, 0.2) is 29.6 Å². The molecule has 0 radical (unpaired) electrons. The summed E-state index contributed by atoms with van der Waals surface area (Å²) in [5, 5.41) is 2.10. The molecule has 3 rings (SSSR count). The number of hydrogen-bond donors (Lipinski definition) is 0. The summed E-state index contributed by atoms with van der Waals surface area (Å²) in [7, 11) is 0. The van der Waals surface area contributed by atoms with Crippen molar-refractivity contribution >= 4 is 22.8 Å². The number of anilines is 1. The zero-order chi connectivity index (χ0) is 13.4. The predicted molar refractivity (Wildman–Crippen MR) is 75.5 cm³/mol. The van der Waals surface area contributed by atoms with Crippen LogP contribution in [-0.4, -0.2) is 12.3 Å². The van der Waals surface area contributed by atoms with Crippen LogP contribution in [-0.2, 0) is 13.0 Å². The fraction of sp³-hybridized carbons (Fsp3) is 0.267. The summed E-state index contributed by atoms with van der Waals surface area (Å²) >= 11 is 1.78. The molecular formula is C15H14FNOS. The molecule has 19 heavy (non-hydrogen) atoms. The minimum absolute atomic E-state index is 0.0920. The SMILES string of the molecule is CC(=O)c1cc(F)ccc1N1CCc2sccc2C1. The molecule has 0 fully saturated rings. The van der Waals surface area contributed by atoms with E-state index in [9.17, 15) is 9.18 Å². The molecule has 1 aliphatic heterocycles. The van der Waals surface area contributed by atoms with Crippen LogP contribution < -0.4 is 4.90 Å². The molecule has 0 spiro atoms. The molecule has 2 nitrogen and oxygen atoms in total. The Morgan fingerprint density at radius 1 is 1.37 bits per heavy atom. The van der Waals surface area contributed by atoms with Crippen molar-refractivity contribution in [1.29, 1.82) is 0 Å². The smallest absolute Gasteiger partial charge is 0.161 e. The summed E-state index contributed by atoms with van der Waals surface area (Å²) in [6.45, 7) is 3.16. The van der Waals surface area contributed by atoms with Gasteiger partial charge in [0.1, 0.15) is 5.82 Å². The van der Waals surface area contributed by atoms with Crippen molar-refractivity contribution in [3.05, 3.63) is 51.5 Å². The van der Waals surface area contributed by atoms with Gasteiger partial charge < -0.3 is 4.90 Å². The van der Waals surface area contributed by atoms with E-state index in [4.69, 9.17) is 0 Å². The molecule has 1 aromatic heterocycles. The molecule has 2 heterocycles. The van der Waals surface area contributed by atoms with Crippen LogP contribution in [0.3, 0.4) is 0 Å². The molecule has 1 aliphatic rings. The number of nitrogens with zero attached hydrogens (tertiary/aromatic N) is 1. The fourth-order valence-electron chi connectivity index (χ4n) is 2.52. The van der Waals surface area contributed by atoms with Crippen LogP contribution in [0.2, 0.25) is 0 Å². The monoisotopic (exact) mass is 275 g/mol. The van der Waals surface area contributed by atoms with E-state index in [2.05, 4.69) is 16.3 Å². The van der Waals surface area contributed by atoms with Crippen molar-refractivity contribution in [3.8, 4) is 0 Å². The summed E-state index contributed by atoms with van der Waals surface area (Å²) in [4.78, 5) is 15.2. The first-order valence-corrected chi connectivity index (χ1v) is 7.14. The van der Waals surface area contributed by atoms with E-state index in [-0.39, 0.29) is 11.6 Å². The van der Waals surface area contributed by atoms with Gasteiger partial charge in [0.15, 0.2) is 5.78 Å². The maximum absolute atomic E-state index is 13.3. The third-order valence-corrected chi connectivity index (χ3v) is 4.51. The minimum Gasteiger partial charge on any atom is -0.366 e. The van der Waals surface area contributed by atoms with Gasteiger partial charge in [-0.2, -0.15) is 0 Å². The van der Waals surface area contributed by atoms with Gasteiger partial charge in [-0.25, -0.2) is 4.39 Å². The lowest BCUT2D eigenvalue weighted by atomic mass is 10.0. The van der Waals surface area contributed by atoms with Crippen molar-refractivity contribution in [2.45, 2.75) is 19.9 Å². The van der Waals surface area contributed by atoms with Crippen LogP contribution in [0, 0.1) is 5.82 Å². The Labute approximate surface area is 115 Å². The van der Waals surface area contributed by atoms with Gasteiger partial charge in [0.05, 0.1) is 0 Å². The van der Waals surface area contributed by atoms with Gasteiger partial charge in [0, 0.05) is 29.2 Å². The molecule has 0 saturated carbocycles. The third kappa shape index (κ3) is 2.28. The maximum Gasteiger partial charge on any atom is 0.161 e. The maximum atomic E-state index is 13.3. The Morgan fingerprint density at radius 2 is 2.21 bits per heavy atom. The minimum atomic E-state index is -0.359. The quantitative estimate of drug-likeness (QED) is 0.780. The van der Waals surface area contributed by atoms with E-state index >= 15 is 0 Å². The highest BCUT2D eigenvalue weighted by atomic mass is 32.1. The molecule has 4 heteroatoms. The Balaban J connectivity index is 1.98. The number of benzene rings is 1. The van der Waals surface area contributed by atoms with Crippen molar-refractivity contribution in [1.82, 2.24) is 0 Å². The summed E-state index contributed by atoms with van der Waals surface area (Å²) in [5.41, 5.74) is 2.62. The number of Topliss-reactive ketones (excluding diaryl/α,β-unsaturated/α-hetero) is 1. The van der Waals surface area contributed by atoms with E-state index in [1.807, 2.05) is 0 Å². The zero-order valence-electron chi connectivity index (χ0n) is 10.6. The topological polar surface area (TPSA) is 20.3 Å². The molecule has 0 aliphatic carbocycles. The molecule has 0 bridgehead atoms. The van der Waals surface area contributed by atoms with Gasteiger partial charge in [0.25, 0.3) is 0 Å². The summed E-state index contributed by atoms with van der Waals surface area (Å²) in [5.74, 6) is -0.451. The standard InChI is InChI=1S/C15H14FNOS/c1-10(18)13-8-12(16)2-3-14(13)17-6-4-15-11(9-17)5-7-19-15/h2-3,5,7-8H,4,6,9H2,1H3. The first-order chi connectivity index (χ1) is 9.15. The highest BCUT2D eigenvalue weighted by Crippen LogP contribution is 2.30. The number of carbonyl (C=O) groups excluding carboxylic acids is 1. The molecule has 98 valence electrons. The molecular weight excluding hydrogens is 261 g/mol. The highest BCUT2D eigenvalue weighted by Gasteiger charge is 2.21. The van der Waals surface area contributed by atoms with E-state index in [0.717, 1.165) is 25.2 Å². The number of fused-ring (bicyclic) bond motifs is 1. The van der Waals surface area contributed by atoms with Crippen molar-refractivity contribution in [3.63, 3.8) is 0 Å². The number of ketones is 1. The number of hydrogen-bond acceptors (Lipinski definition) is 3. The zero-order valence-corrected chi connectivity index (χ0v) is 11.5. The first kappa shape index (κ1) is 12.4. The number of carbonyl (C=O) groups is 1. The average Bonchev–Trinajstić information content (AvgIpc) is 2.85. The number of rotatable bonds is 2. The van der Waals surface area contributed by atoms with Crippen LogP contribution in [0.1, 0.15) is 27.7 Å². The lowest BCUT2D eigenvalue weighted by Gasteiger charge is -2.30. The van der Waals surface area contributed by atoms with Crippen molar-refractivity contribution in [2.24, 2.45) is 0 Å². The second-order valence-electron chi connectivity index (χ2n) is 4.76. The van der Waals surface area contributed by atoms with Crippen LogP contribution in [0.25, 0.3) is 0 Å². The lowest BCUT2D eigenvalue weighted by Crippen LogP contribution is -2.30. The van der Waals surface area contributed by atoms with Crippen LogP contribution in [0.5, 0.6) is 0 Å². The molecule has 2 aromatic rings. The summed E-state index contributed by atoms with van der Waals surface area (Å²) in [6.07, 6.45) is 0.988. The van der Waals surface area contributed by atoms with Gasteiger partial charge in [-0.15, -0.1) is 11.3 Å². The Bertz CT molecular complexity index is 635. The summed E-state index contributed by atoms with van der Waals surface area (Å²) < 4.78 is 13.3. The first-order valence-electron chi connectivity index (χ1n) is 6.26. The van der Waals surface area contributed by atoms with Gasteiger partial charge in [-0.3, -0.25) is 4.79 Å². The Hall–Kier alpha value is -1.68. The van der Waals surface area contributed by atoms with E-state index in [1.54, 1.807) is 17.4 Å². The largest absolute Gasteiger partial charge is 0.366 e. The molecule has 1 aromatic carbocycles. The number of thiophene rings is 1. The van der Waals surface area contributed by atoms with Gasteiger partial charge in [0.2, 0.25) is 0 Å². The fourth-order valence-corrected chi connectivity index (χ4v) is 3.41. The predicted octanol–water partition coefficient (Wildman–Crippen LogP) is 3.65. The van der Waals surface area contributed by atoms with Gasteiger partial charge >= 0.3 is 0 Å². The van der Waals surface area contributed by atoms with Crippen LogP contribution >= 0.6 is 11.3 Å². The second kappa shape index (κ2) is 4.78. The average molecular weight is 275 g/mol. The van der Waals surface area contributed by atoms with E-state index < -0.39 is 0 Å². The van der Waals surface area contributed by atoms with Gasteiger partial charge in [-0.1, -0.05) is 0 Å². The van der Waals surface area contributed by atoms with Crippen molar-refractivity contribution < 1.29 is 9.18 Å². The normalized spacial score (nSPS) is 14.3. The Morgan fingerprint density at radius 3 is 3.00 bits per heavy atom. The molecule has 0 N–H and O–H groups in total. The molecule has 0 unspecified atom stereocenters.